The number of hydrogen-bond acceptors (Lipinski definition) is 6. The van der Waals surface area contributed by atoms with Crippen molar-refractivity contribution in [1.82, 2.24) is 0 Å². The summed E-state index contributed by atoms with van der Waals surface area (Å²) in [5.74, 6) is -1.74. The van der Waals surface area contributed by atoms with E-state index in [0.29, 0.717) is 19.8 Å². The first-order valence-electron chi connectivity index (χ1n) is 10.0. The van der Waals surface area contributed by atoms with Crippen LogP contribution < -0.4 is 0 Å². The Morgan fingerprint density at radius 2 is 0.853 bits per heavy atom. The topological polar surface area (TPSA) is 74.6 Å². The van der Waals surface area contributed by atoms with Gasteiger partial charge in [-0.25, -0.2) is 0 Å². The Labute approximate surface area is 213 Å². The highest BCUT2D eigenvalue weighted by atomic mass is 35.5. The molecule has 0 unspecified atom stereocenters. The van der Waals surface area contributed by atoms with Gasteiger partial charge in [-0.2, -0.15) is 0 Å². The van der Waals surface area contributed by atoms with Gasteiger partial charge in [-0.05, 0) is 72.8 Å². The summed E-state index contributed by atoms with van der Waals surface area (Å²) in [5, 5.41) is 22.0. The molecule has 168 valence electrons. The number of carbonyl (C=O) groups excluding carboxylic acids is 2. The maximum Gasteiger partial charge on any atom is 0.199 e. The number of aromatic hydroxyl groups is 2. The second kappa shape index (κ2) is 9.04. The fraction of sp³-hybridized carbons (Fsp3) is 0. The first-order valence-corrected chi connectivity index (χ1v) is 12.4. The van der Waals surface area contributed by atoms with E-state index in [-0.39, 0.29) is 33.8 Å². The van der Waals surface area contributed by atoms with Crippen LogP contribution in [0.4, 0.5) is 0 Å². The van der Waals surface area contributed by atoms with E-state index in [0.717, 1.165) is 9.79 Å². The second-order valence-corrected chi connectivity index (χ2v) is 10.5. The Balaban J connectivity index is 1.70. The maximum absolute atomic E-state index is 13.7. The minimum absolute atomic E-state index is 0.191. The molecule has 1 aliphatic rings. The lowest BCUT2D eigenvalue weighted by molar-refractivity contribution is 0.0969. The van der Waals surface area contributed by atoms with Crippen LogP contribution in [-0.4, -0.2) is 21.8 Å². The number of phenolic OH excluding ortho intramolecular Hbond substituents is 2. The van der Waals surface area contributed by atoms with Gasteiger partial charge in [-0.15, -0.1) is 0 Å². The molecule has 0 spiro atoms. The number of phenols is 2. The Bertz CT molecular complexity index is 1350. The number of hydrogen-bond donors (Lipinski definition) is 2. The fourth-order valence-electron chi connectivity index (χ4n) is 3.73. The number of halogens is 2. The molecule has 8 heteroatoms. The number of benzene rings is 4. The Kier molecular flexibility index (Phi) is 6.08. The molecule has 4 aromatic carbocycles. The molecule has 4 nitrogen and oxygen atoms in total. The van der Waals surface area contributed by atoms with E-state index in [2.05, 4.69) is 0 Å². The molecule has 0 amide bonds. The predicted octanol–water partition coefficient (Wildman–Crippen LogP) is 7.48. The van der Waals surface area contributed by atoms with Gasteiger partial charge < -0.3 is 10.2 Å². The van der Waals surface area contributed by atoms with Crippen molar-refractivity contribution in [2.45, 2.75) is 19.6 Å². The van der Waals surface area contributed by atoms with Gasteiger partial charge in [0.15, 0.2) is 11.6 Å². The molecule has 0 saturated heterocycles. The molecule has 0 atom stereocenters. The van der Waals surface area contributed by atoms with Crippen molar-refractivity contribution in [2.75, 3.05) is 0 Å². The van der Waals surface area contributed by atoms with Crippen molar-refractivity contribution >= 4 is 58.3 Å². The average molecular weight is 525 g/mol. The summed E-state index contributed by atoms with van der Waals surface area (Å²) in [4.78, 5) is 30.1. The lowest BCUT2D eigenvalue weighted by Crippen LogP contribution is -2.23. The monoisotopic (exact) mass is 524 g/mol. The molecule has 0 aromatic heterocycles. The Morgan fingerprint density at radius 3 is 1.21 bits per heavy atom. The SMILES string of the molecule is O=C1c2c(O)ccc(O)c2C(=O)c2c(Sc3ccc(Cl)cc3)ccc(Sc3ccc(Cl)cc3)c21. The summed E-state index contributed by atoms with van der Waals surface area (Å²) < 4.78 is 0. The van der Waals surface area contributed by atoms with Crippen molar-refractivity contribution in [1.29, 1.82) is 0 Å². The van der Waals surface area contributed by atoms with Crippen molar-refractivity contribution < 1.29 is 19.8 Å². The predicted molar refractivity (Wildman–Crippen MR) is 134 cm³/mol. The number of rotatable bonds is 4. The van der Waals surface area contributed by atoms with Crippen molar-refractivity contribution in [3.05, 3.63) is 105 Å². The van der Waals surface area contributed by atoms with Crippen LogP contribution in [0.15, 0.2) is 92.4 Å². The highest BCUT2D eigenvalue weighted by Gasteiger charge is 2.38. The van der Waals surface area contributed by atoms with Crippen LogP contribution in [0, 0.1) is 0 Å². The minimum atomic E-state index is -0.520. The first kappa shape index (κ1) is 22.9. The Hall–Kier alpha value is -2.90. The molecule has 0 fully saturated rings. The normalized spacial score (nSPS) is 12.4. The van der Waals surface area contributed by atoms with Crippen molar-refractivity contribution in [3.8, 4) is 11.5 Å². The van der Waals surface area contributed by atoms with Gasteiger partial charge in [0.2, 0.25) is 0 Å². The number of fused-ring (bicyclic) bond motifs is 2. The molecule has 0 aliphatic heterocycles. The molecule has 0 radical (unpaired) electrons. The van der Waals surface area contributed by atoms with Gasteiger partial charge >= 0.3 is 0 Å². The molecule has 1 aliphatic carbocycles. The van der Waals surface area contributed by atoms with E-state index in [1.54, 1.807) is 36.4 Å². The molecule has 2 N–H and O–H groups in total. The van der Waals surface area contributed by atoms with Crippen LogP contribution in [0.25, 0.3) is 0 Å². The summed E-state index contributed by atoms with van der Waals surface area (Å²) in [7, 11) is 0. The highest BCUT2D eigenvalue weighted by molar-refractivity contribution is 8.00. The van der Waals surface area contributed by atoms with Crippen LogP contribution in [0.1, 0.15) is 31.8 Å². The van der Waals surface area contributed by atoms with Gasteiger partial charge in [-0.3, -0.25) is 9.59 Å². The van der Waals surface area contributed by atoms with E-state index >= 15 is 0 Å². The zero-order valence-electron chi connectivity index (χ0n) is 17.2. The first-order chi connectivity index (χ1) is 16.3. The molecule has 34 heavy (non-hydrogen) atoms. The van der Waals surface area contributed by atoms with Gasteiger partial charge in [0.05, 0.1) is 11.1 Å². The lowest BCUT2D eigenvalue weighted by atomic mass is 9.83. The third-order valence-corrected chi connectivity index (χ3v) is 7.92. The summed E-state index contributed by atoms with van der Waals surface area (Å²) in [6.07, 6.45) is 0. The molecule has 4 aromatic rings. The molecule has 5 rings (SSSR count). The third kappa shape index (κ3) is 4.07. The summed E-state index contributed by atoms with van der Waals surface area (Å²) in [6, 6.07) is 20.2. The number of carbonyl (C=O) groups is 2. The molecule has 0 bridgehead atoms. The molecule has 0 saturated carbocycles. The molecule has 0 heterocycles. The van der Waals surface area contributed by atoms with E-state index < -0.39 is 11.6 Å². The van der Waals surface area contributed by atoms with Gasteiger partial charge in [-0.1, -0.05) is 46.7 Å². The Morgan fingerprint density at radius 1 is 0.500 bits per heavy atom. The summed E-state index contributed by atoms with van der Waals surface area (Å²) in [5.41, 5.74) is 0.00262. The largest absolute Gasteiger partial charge is 0.507 e. The van der Waals surface area contributed by atoms with Gasteiger partial charge in [0.1, 0.15) is 11.5 Å². The third-order valence-electron chi connectivity index (χ3n) is 5.28. The quantitative estimate of drug-likeness (QED) is 0.237. The second-order valence-electron chi connectivity index (χ2n) is 7.44. The van der Waals surface area contributed by atoms with Crippen LogP contribution >= 0.6 is 46.7 Å². The zero-order chi connectivity index (χ0) is 24.0. The molecular weight excluding hydrogens is 511 g/mol. The van der Waals surface area contributed by atoms with Gasteiger partial charge in [0.25, 0.3) is 0 Å². The van der Waals surface area contributed by atoms with E-state index in [4.69, 9.17) is 23.2 Å². The summed E-state index contributed by atoms with van der Waals surface area (Å²) >= 11 is 14.6. The van der Waals surface area contributed by atoms with Crippen LogP contribution in [0.2, 0.25) is 10.0 Å². The van der Waals surface area contributed by atoms with Crippen LogP contribution in [0.5, 0.6) is 11.5 Å². The van der Waals surface area contributed by atoms with Crippen molar-refractivity contribution in [3.63, 3.8) is 0 Å². The van der Waals surface area contributed by atoms with Gasteiger partial charge in [0, 0.05) is 40.8 Å². The summed E-state index contributed by atoms with van der Waals surface area (Å²) in [6.45, 7) is 0. The number of ketones is 2. The van der Waals surface area contributed by atoms with Crippen LogP contribution in [-0.2, 0) is 0 Å². The van der Waals surface area contributed by atoms with E-state index in [1.807, 2.05) is 24.3 Å². The lowest BCUT2D eigenvalue weighted by Gasteiger charge is -2.23. The fourth-order valence-corrected chi connectivity index (χ4v) is 5.90. The van der Waals surface area contributed by atoms with E-state index in [9.17, 15) is 19.8 Å². The average Bonchev–Trinajstić information content (AvgIpc) is 2.82. The van der Waals surface area contributed by atoms with E-state index in [1.165, 1.54) is 35.7 Å². The van der Waals surface area contributed by atoms with Crippen molar-refractivity contribution in [2.24, 2.45) is 0 Å². The zero-order valence-corrected chi connectivity index (χ0v) is 20.4. The molecular formula is C26H14Cl2O4S2. The standard InChI is InChI=1S/C26H14Cl2O4S2/c27-13-1-5-15(6-2-13)33-19-11-12-20(34-16-7-3-14(28)4-8-16)24-23(19)25(31)21-17(29)9-10-18(30)22(21)26(24)32/h1-12,29-30H. The smallest absolute Gasteiger partial charge is 0.199 e. The van der Waals surface area contributed by atoms with Crippen LogP contribution in [0.3, 0.4) is 0 Å². The minimum Gasteiger partial charge on any atom is -0.507 e. The highest BCUT2D eigenvalue weighted by Crippen LogP contribution is 2.46. The maximum atomic E-state index is 13.7.